The Kier molecular flexibility index (Phi) is 6.85. The lowest BCUT2D eigenvalue weighted by Crippen LogP contribution is -2.52. The van der Waals surface area contributed by atoms with Gasteiger partial charge in [0.15, 0.2) is 5.96 Å². The molecule has 0 unspecified atom stereocenters. The van der Waals surface area contributed by atoms with Crippen molar-refractivity contribution in [2.75, 3.05) is 57.9 Å². The number of rotatable bonds is 6. The molecule has 1 saturated heterocycles. The van der Waals surface area contributed by atoms with Crippen LogP contribution in [-0.2, 0) is 11.2 Å². The molecule has 0 saturated carbocycles. The number of nitrogens with one attached hydrogen (secondary N) is 1. The molecule has 0 aliphatic carbocycles. The highest BCUT2D eigenvalue weighted by Crippen LogP contribution is 2.19. The lowest BCUT2D eigenvalue weighted by molar-refractivity contribution is 0.207. The summed E-state index contributed by atoms with van der Waals surface area (Å²) in [5.41, 5.74) is 0. The Labute approximate surface area is 136 Å². The number of hydrogen-bond donors (Lipinski definition) is 1. The van der Waals surface area contributed by atoms with Gasteiger partial charge in [0.1, 0.15) is 5.82 Å². The van der Waals surface area contributed by atoms with Crippen LogP contribution in [0.25, 0.3) is 0 Å². The molecule has 1 aliphatic heterocycles. The van der Waals surface area contributed by atoms with E-state index < -0.39 is 0 Å². The van der Waals surface area contributed by atoms with Gasteiger partial charge in [-0.3, -0.25) is 4.99 Å². The zero-order valence-corrected chi connectivity index (χ0v) is 14.5. The van der Waals surface area contributed by atoms with Crippen LogP contribution in [0.3, 0.4) is 0 Å². The predicted octanol–water partition coefficient (Wildman–Crippen LogP) is 0.834. The fourth-order valence-electron chi connectivity index (χ4n) is 2.29. The van der Waals surface area contributed by atoms with Crippen LogP contribution in [-0.4, -0.2) is 73.2 Å². The van der Waals surface area contributed by atoms with E-state index >= 15 is 0 Å². The summed E-state index contributed by atoms with van der Waals surface area (Å²) in [6.07, 6.45) is 0.896. The number of piperazine rings is 1. The fourth-order valence-corrected chi connectivity index (χ4v) is 3.10. The van der Waals surface area contributed by atoms with Crippen LogP contribution >= 0.6 is 11.5 Å². The molecule has 0 radical (unpaired) electrons. The van der Waals surface area contributed by atoms with Gasteiger partial charge in [-0.2, -0.15) is 4.37 Å². The van der Waals surface area contributed by atoms with Crippen LogP contribution in [0, 0.1) is 0 Å². The predicted molar refractivity (Wildman–Crippen MR) is 90.9 cm³/mol. The average molecular weight is 326 g/mol. The summed E-state index contributed by atoms with van der Waals surface area (Å²) in [7, 11) is 1.70. The summed E-state index contributed by atoms with van der Waals surface area (Å²) in [6.45, 7) is 10.2. The van der Waals surface area contributed by atoms with Gasteiger partial charge < -0.3 is 19.9 Å². The van der Waals surface area contributed by atoms with Crippen molar-refractivity contribution in [3.05, 3.63) is 5.82 Å². The Balaban J connectivity index is 1.90. The highest BCUT2D eigenvalue weighted by Gasteiger charge is 2.21. The Bertz CT molecular complexity index is 470. The fraction of sp³-hybridized carbons (Fsp3) is 0.786. The second kappa shape index (κ2) is 8.89. The summed E-state index contributed by atoms with van der Waals surface area (Å²) in [6, 6.07) is 0. The summed E-state index contributed by atoms with van der Waals surface area (Å²) < 4.78 is 9.44. The molecule has 1 aliphatic rings. The first kappa shape index (κ1) is 17.0. The van der Waals surface area contributed by atoms with E-state index in [4.69, 9.17) is 4.74 Å². The van der Waals surface area contributed by atoms with Crippen LogP contribution in [0.4, 0.5) is 5.13 Å². The van der Waals surface area contributed by atoms with Gasteiger partial charge in [-0.1, -0.05) is 6.92 Å². The van der Waals surface area contributed by atoms with Gasteiger partial charge in [0.05, 0.1) is 13.2 Å². The van der Waals surface area contributed by atoms with E-state index in [2.05, 4.69) is 43.3 Å². The summed E-state index contributed by atoms with van der Waals surface area (Å²) >= 11 is 1.50. The second-order valence-electron chi connectivity index (χ2n) is 5.05. The molecule has 1 aromatic heterocycles. The number of aliphatic imine (C=N–C) groups is 1. The van der Waals surface area contributed by atoms with Crippen molar-refractivity contribution in [3.63, 3.8) is 0 Å². The quantitative estimate of drug-likeness (QED) is 0.475. The van der Waals surface area contributed by atoms with Gasteiger partial charge >= 0.3 is 0 Å². The van der Waals surface area contributed by atoms with Crippen LogP contribution in [0.15, 0.2) is 4.99 Å². The number of hydrogen-bond acceptors (Lipinski definition) is 6. The maximum atomic E-state index is 5.07. The molecule has 1 fully saturated rings. The number of nitrogens with zero attached hydrogens (tertiary/aromatic N) is 5. The number of ether oxygens (including phenoxy) is 1. The molecule has 8 heteroatoms. The zero-order chi connectivity index (χ0) is 15.8. The van der Waals surface area contributed by atoms with E-state index in [0.717, 1.165) is 56.1 Å². The Morgan fingerprint density at radius 3 is 2.68 bits per heavy atom. The molecule has 2 heterocycles. The van der Waals surface area contributed by atoms with Crippen molar-refractivity contribution in [1.29, 1.82) is 0 Å². The van der Waals surface area contributed by atoms with Crippen molar-refractivity contribution < 1.29 is 4.74 Å². The standard InChI is InChI=1S/C14H26N6OS/c1-4-12-17-14(22-18-12)20-9-7-19(8-10-20)13(15-5-2)16-6-11-21-3/h4-11H2,1-3H3,(H,15,16). The molecule has 1 aromatic rings. The van der Waals surface area contributed by atoms with Crippen molar-refractivity contribution in [2.45, 2.75) is 20.3 Å². The monoisotopic (exact) mass is 326 g/mol. The smallest absolute Gasteiger partial charge is 0.205 e. The first-order chi connectivity index (χ1) is 10.8. The number of anilines is 1. The number of aromatic nitrogens is 2. The molecule has 124 valence electrons. The maximum absolute atomic E-state index is 5.07. The molecule has 0 amide bonds. The third-order valence-electron chi connectivity index (χ3n) is 3.52. The number of aryl methyl sites for hydroxylation is 1. The van der Waals surface area contributed by atoms with Gasteiger partial charge in [0.25, 0.3) is 0 Å². The lowest BCUT2D eigenvalue weighted by atomic mass is 10.3. The molecule has 7 nitrogen and oxygen atoms in total. The third-order valence-corrected chi connectivity index (χ3v) is 4.33. The molecule has 0 spiro atoms. The molecular formula is C14H26N6OS. The third kappa shape index (κ3) is 4.54. The molecule has 0 bridgehead atoms. The number of methoxy groups -OCH3 is 1. The molecule has 1 N–H and O–H groups in total. The molecular weight excluding hydrogens is 300 g/mol. The van der Waals surface area contributed by atoms with E-state index in [1.54, 1.807) is 7.11 Å². The Hall–Kier alpha value is -1.41. The van der Waals surface area contributed by atoms with E-state index in [1.165, 1.54) is 11.5 Å². The first-order valence-corrected chi connectivity index (χ1v) is 8.65. The molecule has 0 atom stereocenters. The van der Waals surface area contributed by atoms with Crippen molar-refractivity contribution >= 4 is 22.6 Å². The van der Waals surface area contributed by atoms with E-state index in [-0.39, 0.29) is 0 Å². The molecule has 2 rings (SSSR count). The summed E-state index contributed by atoms with van der Waals surface area (Å²) in [4.78, 5) is 13.8. The van der Waals surface area contributed by atoms with Gasteiger partial charge in [0, 0.05) is 57.8 Å². The van der Waals surface area contributed by atoms with Gasteiger partial charge in [-0.25, -0.2) is 4.98 Å². The molecule has 0 aromatic carbocycles. The highest BCUT2D eigenvalue weighted by molar-refractivity contribution is 7.09. The topological polar surface area (TPSA) is 65.9 Å². The van der Waals surface area contributed by atoms with Crippen LogP contribution in [0.1, 0.15) is 19.7 Å². The lowest BCUT2D eigenvalue weighted by Gasteiger charge is -2.36. The van der Waals surface area contributed by atoms with Gasteiger partial charge in [-0.05, 0) is 6.92 Å². The van der Waals surface area contributed by atoms with Gasteiger partial charge in [-0.15, -0.1) is 0 Å². The van der Waals surface area contributed by atoms with Crippen LogP contribution in [0.2, 0.25) is 0 Å². The highest BCUT2D eigenvalue weighted by atomic mass is 32.1. The maximum Gasteiger partial charge on any atom is 0.205 e. The van der Waals surface area contributed by atoms with E-state index in [1.807, 2.05) is 0 Å². The van der Waals surface area contributed by atoms with Crippen molar-refractivity contribution in [3.8, 4) is 0 Å². The number of guanidine groups is 1. The summed E-state index contributed by atoms with van der Waals surface area (Å²) in [5.74, 6) is 1.92. The van der Waals surface area contributed by atoms with Gasteiger partial charge in [0.2, 0.25) is 5.13 Å². The van der Waals surface area contributed by atoms with Crippen LogP contribution < -0.4 is 10.2 Å². The van der Waals surface area contributed by atoms with Crippen LogP contribution in [0.5, 0.6) is 0 Å². The zero-order valence-electron chi connectivity index (χ0n) is 13.7. The Morgan fingerprint density at radius 2 is 2.09 bits per heavy atom. The minimum absolute atomic E-state index is 0.652. The largest absolute Gasteiger partial charge is 0.383 e. The second-order valence-corrected chi connectivity index (χ2v) is 5.78. The minimum Gasteiger partial charge on any atom is -0.383 e. The first-order valence-electron chi connectivity index (χ1n) is 7.88. The van der Waals surface area contributed by atoms with Crippen molar-refractivity contribution in [2.24, 2.45) is 4.99 Å². The SMILES string of the molecule is CCNC(=NCCOC)N1CCN(c2nc(CC)ns2)CC1. The molecule has 22 heavy (non-hydrogen) atoms. The Morgan fingerprint density at radius 1 is 1.32 bits per heavy atom. The van der Waals surface area contributed by atoms with Crippen molar-refractivity contribution in [1.82, 2.24) is 19.6 Å². The normalized spacial score (nSPS) is 16.2. The minimum atomic E-state index is 0.652. The van der Waals surface area contributed by atoms with E-state index in [9.17, 15) is 0 Å². The average Bonchev–Trinajstić information content (AvgIpc) is 3.03. The van der Waals surface area contributed by atoms with E-state index in [0.29, 0.717) is 13.2 Å². The summed E-state index contributed by atoms with van der Waals surface area (Å²) in [5, 5.41) is 4.40.